The van der Waals surface area contributed by atoms with E-state index in [4.69, 9.17) is 9.47 Å². The molecular formula is C18H19F3NiO4S. The van der Waals surface area contributed by atoms with Crippen LogP contribution in [-0.2, 0) is 24.5 Å². The number of rotatable bonds is 7. The second-order valence-electron chi connectivity index (χ2n) is 5.65. The van der Waals surface area contributed by atoms with E-state index in [9.17, 15) is 23.4 Å². The molecule has 1 saturated heterocycles. The number of halogens is 3. The van der Waals surface area contributed by atoms with Gasteiger partial charge in [-0.2, -0.15) is 0 Å². The van der Waals surface area contributed by atoms with Gasteiger partial charge >= 0.3 is 132 Å². The molecule has 1 heterocycles. The molecule has 27 heavy (non-hydrogen) atoms. The number of hydrogen-bond donors (Lipinski definition) is 2. The van der Waals surface area contributed by atoms with Crippen molar-refractivity contribution in [1.29, 1.82) is 0 Å². The molecule has 0 radical (unpaired) electrons. The van der Waals surface area contributed by atoms with Crippen molar-refractivity contribution in [2.24, 2.45) is 0 Å². The first-order valence-corrected chi connectivity index (χ1v) is 9.48. The molecule has 1 aromatic carbocycles. The predicted octanol–water partition coefficient (Wildman–Crippen LogP) is 2.64. The Morgan fingerprint density at radius 2 is 1.93 bits per heavy atom. The van der Waals surface area contributed by atoms with Crippen LogP contribution in [0.2, 0.25) is 0 Å². The van der Waals surface area contributed by atoms with Crippen LogP contribution in [0.15, 0.2) is 59.7 Å². The molecular weight excluding hydrogens is 428 g/mol. The molecule has 2 rings (SSSR count). The van der Waals surface area contributed by atoms with Crippen molar-refractivity contribution in [2.75, 3.05) is 12.4 Å². The van der Waals surface area contributed by atoms with Crippen molar-refractivity contribution in [1.82, 2.24) is 0 Å². The minimum absolute atomic E-state index is 0.0509. The van der Waals surface area contributed by atoms with Crippen LogP contribution in [0.1, 0.15) is 0 Å². The van der Waals surface area contributed by atoms with Gasteiger partial charge in [0.05, 0.1) is 0 Å². The topological polar surface area (TPSA) is 58.9 Å². The summed E-state index contributed by atoms with van der Waals surface area (Å²) in [7, 11) is 0. The summed E-state index contributed by atoms with van der Waals surface area (Å²) in [6.07, 6.45) is -4.02. The first-order valence-electron chi connectivity index (χ1n) is 8.00. The van der Waals surface area contributed by atoms with Crippen molar-refractivity contribution in [3.63, 3.8) is 0 Å². The summed E-state index contributed by atoms with van der Waals surface area (Å²) in [5.74, 6) is 0.462. The van der Waals surface area contributed by atoms with E-state index in [-0.39, 0.29) is 6.61 Å². The van der Waals surface area contributed by atoms with Crippen LogP contribution in [0.5, 0.6) is 0 Å². The number of hydrogen-bond acceptors (Lipinski definition) is 5. The quantitative estimate of drug-likeness (QED) is 0.292. The second-order valence-corrected chi connectivity index (χ2v) is 7.28. The van der Waals surface area contributed by atoms with Gasteiger partial charge in [-0.1, -0.05) is 18.2 Å². The molecule has 0 amide bonds. The van der Waals surface area contributed by atoms with Crippen LogP contribution in [-0.4, -0.2) is 57.7 Å². The zero-order valence-corrected chi connectivity index (χ0v) is 15.8. The number of aliphatic hydroxyl groups excluding tert-OH is 2. The van der Waals surface area contributed by atoms with E-state index in [1.165, 1.54) is 17.8 Å². The molecule has 0 unspecified atom stereocenters. The van der Waals surface area contributed by atoms with Crippen LogP contribution < -0.4 is 0 Å². The Labute approximate surface area is 167 Å². The summed E-state index contributed by atoms with van der Waals surface area (Å²) in [5.41, 5.74) is 0. The molecule has 0 saturated carbocycles. The zero-order valence-electron chi connectivity index (χ0n) is 14.0. The van der Waals surface area contributed by atoms with Crippen LogP contribution in [0.4, 0.5) is 13.2 Å². The molecule has 0 spiro atoms. The van der Waals surface area contributed by atoms with E-state index >= 15 is 0 Å². The average molecular weight is 447 g/mol. The fourth-order valence-corrected chi connectivity index (χ4v) is 3.33. The zero-order chi connectivity index (χ0) is 19.9. The number of ether oxygens (including phenoxy) is 2. The van der Waals surface area contributed by atoms with Crippen LogP contribution >= 0.6 is 11.8 Å². The van der Waals surface area contributed by atoms with Crippen LogP contribution in [0.3, 0.4) is 0 Å². The number of thioether (sulfide) groups is 1. The Kier molecular flexibility index (Phi) is 8.57. The number of benzene rings is 1. The van der Waals surface area contributed by atoms with E-state index < -0.39 is 35.1 Å². The number of alkyl halides is 3. The minimum atomic E-state index is -4.53. The van der Waals surface area contributed by atoms with Crippen molar-refractivity contribution in [3.05, 3.63) is 54.8 Å². The molecule has 4 atom stereocenters. The second kappa shape index (κ2) is 10.4. The fraction of sp³-hybridized carbons (Fsp3) is 0.389. The fourth-order valence-electron chi connectivity index (χ4n) is 2.24. The van der Waals surface area contributed by atoms with Gasteiger partial charge in [-0.25, -0.2) is 0 Å². The molecule has 1 aliphatic heterocycles. The molecule has 0 aromatic heterocycles. The monoisotopic (exact) mass is 446 g/mol. The van der Waals surface area contributed by atoms with E-state index in [1.807, 2.05) is 30.3 Å². The standard InChI is InChI=1S/C18H19F3O4S.Ni/c19-18(20,21)9-5-2-6-10-24-14-11-25-15(17(23)16(14)22)12-26-13-7-3-1-4-8-13;/h1-8,10,14-17,22-23H,11-12H2;/b5-2-,10-6?;/t14-,15+,16+,17-;/m0./s1. The Hall–Kier alpha value is -1.12. The van der Waals surface area contributed by atoms with Crippen molar-refractivity contribution >= 4 is 16.3 Å². The van der Waals surface area contributed by atoms with Gasteiger partial charge < -0.3 is 0 Å². The Morgan fingerprint density at radius 3 is 2.59 bits per heavy atom. The summed E-state index contributed by atoms with van der Waals surface area (Å²) in [5, 5.41) is 20.4. The van der Waals surface area contributed by atoms with Crippen LogP contribution in [0.25, 0.3) is 0 Å². The van der Waals surface area contributed by atoms with Crippen molar-refractivity contribution < 1.29 is 47.9 Å². The van der Waals surface area contributed by atoms with Crippen molar-refractivity contribution in [3.8, 4) is 0 Å². The number of aliphatic hydroxyl groups is 2. The van der Waals surface area contributed by atoms with Crippen molar-refractivity contribution in [2.45, 2.75) is 35.5 Å². The van der Waals surface area contributed by atoms with E-state index in [1.54, 1.807) is 0 Å². The third kappa shape index (κ3) is 7.09. The molecule has 1 fully saturated rings. The molecule has 9 heteroatoms. The third-order valence-corrected chi connectivity index (χ3v) is 5.22. The van der Waals surface area contributed by atoms with Gasteiger partial charge in [0.15, 0.2) is 0 Å². The Morgan fingerprint density at radius 1 is 1.22 bits per heavy atom. The Bertz CT molecular complexity index is 666. The van der Waals surface area contributed by atoms with Gasteiger partial charge in [-0.15, -0.1) is 0 Å². The summed E-state index contributed by atoms with van der Waals surface area (Å²) in [6.45, 7) is 0.0509. The van der Waals surface area contributed by atoms with Gasteiger partial charge in [-0.3, -0.25) is 0 Å². The molecule has 2 N–H and O–H groups in total. The predicted molar refractivity (Wildman–Crippen MR) is 93.1 cm³/mol. The van der Waals surface area contributed by atoms with Gasteiger partial charge in [0.2, 0.25) is 0 Å². The minimum Gasteiger partial charge on any atom is -0.0622 e. The first kappa shape index (κ1) is 22.2. The summed E-state index contributed by atoms with van der Waals surface area (Å²) in [6, 6.07) is 9.59. The van der Waals surface area contributed by atoms with Gasteiger partial charge in [0, 0.05) is 4.90 Å². The smallest absolute Gasteiger partial charge is 0.0622 e. The molecule has 0 bridgehead atoms. The van der Waals surface area contributed by atoms with Gasteiger partial charge in [-0.05, 0) is 12.1 Å². The summed E-state index contributed by atoms with van der Waals surface area (Å²) >= 11 is 5.37. The maximum absolute atomic E-state index is 12.2. The average Bonchev–Trinajstić information content (AvgIpc) is 2.64. The first-order chi connectivity index (χ1) is 12.8. The normalized spacial score (nSPS) is 26.6. The Balaban J connectivity index is 1.78. The van der Waals surface area contributed by atoms with Crippen LogP contribution in [0, 0.1) is 0 Å². The molecule has 152 valence electrons. The maximum atomic E-state index is 12.2. The molecule has 0 aliphatic carbocycles. The number of allylic oxidation sites excluding steroid dienone is 3. The summed E-state index contributed by atoms with van der Waals surface area (Å²) in [4.78, 5) is 1.02. The molecule has 4 nitrogen and oxygen atoms in total. The third-order valence-electron chi connectivity index (χ3n) is 3.67. The van der Waals surface area contributed by atoms with E-state index in [2.05, 4.69) is 15.0 Å². The van der Waals surface area contributed by atoms with Gasteiger partial charge in [0.25, 0.3) is 0 Å². The SMILES string of the molecule is O[C@@H]1[C@H](O)[C@@H](OC=C/C=C\[C](=[Ni])C(F)(F)F)CO[C@@H]1CSc1ccccc1. The molecule has 1 aliphatic rings. The summed E-state index contributed by atoms with van der Waals surface area (Å²) < 4.78 is 46.4. The van der Waals surface area contributed by atoms with Gasteiger partial charge in [0.1, 0.15) is 0 Å². The van der Waals surface area contributed by atoms with E-state index in [0.717, 1.165) is 23.3 Å². The molecule has 1 aromatic rings. The van der Waals surface area contributed by atoms with E-state index in [0.29, 0.717) is 5.75 Å².